The second-order valence-electron chi connectivity index (χ2n) is 5.30. The molecule has 0 spiro atoms. The Bertz CT molecular complexity index is 302. The molecule has 2 aliphatic rings. The maximum atomic E-state index is 8.66. The van der Waals surface area contributed by atoms with Crippen molar-refractivity contribution in [2.75, 3.05) is 26.2 Å². The maximum absolute atomic E-state index is 8.66. The van der Waals surface area contributed by atoms with E-state index in [4.69, 9.17) is 14.7 Å². The van der Waals surface area contributed by atoms with Gasteiger partial charge in [0.2, 0.25) is 0 Å². The van der Waals surface area contributed by atoms with Gasteiger partial charge in [0.15, 0.2) is 5.79 Å². The lowest BCUT2D eigenvalue weighted by molar-refractivity contribution is -0.164. The fourth-order valence-corrected chi connectivity index (χ4v) is 2.89. The second kappa shape index (κ2) is 5.34. The summed E-state index contributed by atoms with van der Waals surface area (Å²) < 4.78 is 11.6. The summed E-state index contributed by atoms with van der Waals surface area (Å²) in [4.78, 5) is 2.47. The Morgan fingerprint density at radius 3 is 3.00 bits per heavy atom. The van der Waals surface area contributed by atoms with Gasteiger partial charge in [-0.05, 0) is 32.4 Å². The molecule has 0 amide bonds. The molecular weight excluding hydrogens is 216 g/mol. The fourth-order valence-electron chi connectivity index (χ4n) is 2.89. The van der Waals surface area contributed by atoms with Crippen LogP contribution in [0.4, 0.5) is 0 Å². The van der Waals surface area contributed by atoms with E-state index in [2.05, 4.69) is 17.9 Å². The van der Waals surface area contributed by atoms with Crippen molar-refractivity contribution in [3.63, 3.8) is 0 Å². The lowest BCUT2D eigenvalue weighted by atomic mass is 9.99. The predicted octanol–water partition coefficient (Wildman–Crippen LogP) is 1.76. The Morgan fingerprint density at radius 1 is 1.53 bits per heavy atom. The lowest BCUT2D eigenvalue weighted by Gasteiger charge is -2.26. The minimum atomic E-state index is -0.462. The van der Waals surface area contributed by atoms with E-state index in [0.717, 1.165) is 19.5 Å². The fraction of sp³-hybridized carbons (Fsp3) is 0.923. The summed E-state index contributed by atoms with van der Waals surface area (Å²) in [5.41, 5.74) is 0. The minimum Gasteiger partial charge on any atom is -0.347 e. The molecule has 0 aromatic rings. The normalized spacial score (nSPS) is 38.4. The number of rotatable bonds is 4. The highest BCUT2D eigenvalue weighted by molar-refractivity contribution is 4.86. The minimum absolute atomic E-state index is 0.0336. The van der Waals surface area contributed by atoms with Crippen LogP contribution in [0.3, 0.4) is 0 Å². The highest BCUT2D eigenvalue weighted by atomic mass is 16.7. The van der Waals surface area contributed by atoms with Crippen molar-refractivity contribution in [1.29, 1.82) is 5.26 Å². The van der Waals surface area contributed by atoms with Crippen LogP contribution in [0.25, 0.3) is 0 Å². The molecule has 2 aliphatic heterocycles. The zero-order valence-electron chi connectivity index (χ0n) is 10.8. The third-order valence-electron chi connectivity index (χ3n) is 3.79. The molecule has 17 heavy (non-hydrogen) atoms. The molecule has 0 N–H and O–H groups in total. The van der Waals surface area contributed by atoms with Crippen LogP contribution in [0.1, 0.15) is 33.1 Å². The number of ether oxygens (including phenoxy) is 2. The van der Waals surface area contributed by atoms with Crippen LogP contribution in [0.15, 0.2) is 0 Å². The van der Waals surface area contributed by atoms with Crippen LogP contribution in [-0.4, -0.2) is 43.0 Å². The number of nitrogens with zero attached hydrogens (tertiary/aromatic N) is 2. The molecule has 0 bridgehead atoms. The van der Waals surface area contributed by atoms with Gasteiger partial charge >= 0.3 is 0 Å². The second-order valence-corrected chi connectivity index (χ2v) is 5.30. The number of hydrogen-bond donors (Lipinski definition) is 0. The van der Waals surface area contributed by atoms with E-state index in [-0.39, 0.29) is 6.10 Å². The van der Waals surface area contributed by atoms with Gasteiger partial charge in [0.05, 0.1) is 25.2 Å². The van der Waals surface area contributed by atoms with E-state index in [0.29, 0.717) is 18.9 Å². The predicted molar refractivity (Wildman–Crippen MR) is 64.3 cm³/mol. The van der Waals surface area contributed by atoms with Crippen LogP contribution in [0, 0.1) is 17.2 Å². The smallest absolute Gasteiger partial charge is 0.166 e. The average Bonchev–Trinajstić information content (AvgIpc) is 2.87. The first kappa shape index (κ1) is 12.8. The molecule has 0 saturated carbocycles. The summed E-state index contributed by atoms with van der Waals surface area (Å²) in [7, 11) is 0. The van der Waals surface area contributed by atoms with Crippen LogP contribution in [0.5, 0.6) is 0 Å². The first-order valence-electron chi connectivity index (χ1n) is 6.56. The van der Waals surface area contributed by atoms with E-state index in [1.165, 1.54) is 13.0 Å². The molecule has 3 unspecified atom stereocenters. The molecule has 0 aromatic carbocycles. The van der Waals surface area contributed by atoms with E-state index in [1.54, 1.807) is 0 Å². The van der Waals surface area contributed by atoms with Gasteiger partial charge in [0, 0.05) is 13.0 Å². The molecule has 2 rings (SSSR count). The van der Waals surface area contributed by atoms with Gasteiger partial charge in [-0.3, -0.25) is 0 Å². The first-order chi connectivity index (χ1) is 8.15. The molecular formula is C13H22N2O2. The van der Waals surface area contributed by atoms with E-state index >= 15 is 0 Å². The monoisotopic (exact) mass is 238 g/mol. The molecule has 2 fully saturated rings. The summed E-state index contributed by atoms with van der Waals surface area (Å²) in [5, 5.41) is 8.66. The zero-order valence-corrected chi connectivity index (χ0v) is 10.8. The number of hydrogen-bond acceptors (Lipinski definition) is 4. The van der Waals surface area contributed by atoms with Gasteiger partial charge in [-0.2, -0.15) is 5.26 Å². The summed E-state index contributed by atoms with van der Waals surface area (Å²) in [6, 6.07) is 2.14. The quantitative estimate of drug-likeness (QED) is 0.748. The van der Waals surface area contributed by atoms with Gasteiger partial charge in [0.25, 0.3) is 0 Å². The molecule has 0 aromatic heterocycles. The van der Waals surface area contributed by atoms with Crippen LogP contribution in [-0.2, 0) is 9.47 Å². The average molecular weight is 238 g/mol. The van der Waals surface area contributed by atoms with Crippen molar-refractivity contribution >= 4 is 0 Å². The third-order valence-corrected chi connectivity index (χ3v) is 3.79. The SMILES string of the molecule is CCN1CCC(CC2(C)OCC(CC#N)O2)C1. The third kappa shape index (κ3) is 3.19. The van der Waals surface area contributed by atoms with Crippen LogP contribution in [0.2, 0.25) is 0 Å². The van der Waals surface area contributed by atoms with Crippen molar-refractivity contribution in [2.24, 2.45) is 5.92 Å². The van der Waals surface area contributed by atoms with Crippen molar-refractivity contribution < 1.29 is 9.47 Å². The summed E-state index contributed by atoms with van der Waals surface area (Å²) in [6.45, 7) is 8.26. The molecule has 0 aliphatic carbocycles. The van der Waals surface area contributed by atoms with Gasteiger partial charge in [0.1, 0.15) is 0 Å². The molecule has 96 valence electrons. The van der Waals surface area contributed by atoms with E-state index in [1.807, 2.05) is 6.92 Å². The summed E-state index contributed by atoms with van der Waals surface area (Å²) >= 11 is 0. The van der Waals surface area contributed by atoms with Crippen molar-refractivity contribution in [3.8, 4) is 6.07 Å². The van der Waals surface area contributed by atoms with Crippen LogP contribution < -0.4 is 0 Å². The Kier molecular flexibility index (Phi) is 4.03. The molecule has 4 heteroatoms. The summed E-state index contributed by atoms with van der Waals surface area (Å²) in [6.07, 6.45) is 2.58. The molecule has 4 nitrogen and oxygen atoms in total. The van der Waals surface area contributed by atoms with E-state index < -0.39 is 5.79 Å². The number of nitriles is 1. The van der Waals surface area contributed by atoms with Gasteiger partial charge in [-0.25, -0.2) is 0 Å². The summed E-state index contributed by atoms with van der Waals surface area (Å²) in [5.74, 6) is 0.205. The molecule has 2 saturated heterocycles. The highest BCUT2D eigenvalue weighted by Crippen LogP contribution is 2.34. The van der Waals surface area contributed by atoms with Crippen molar-refractivity contribution in [2.45, 2.75) is 45.0 Å². The van der Waals surface area contributed by atoms with Crippen molar-refractivity contribution in [3.05, 3.63) is 0 Å². The Balaban J connectivity index is 1.81. The van der Waals surface area contributed by atoms with Gasteiger partial charge < -0.3 is 14.4 Å². The molecule has 3 atom stereocenters. The van der Waals surface area contributed by atoms with Gasteiger partial charge in [-0.15, -0.1) is 0 Å². The Morgan fingerprint density at radius 2 is 2.35 bits per heavy atom. The Hall–Kier alpha value is -0.630. The highest BCUT2D eigenvalue weighted by Gasteiger charge is 2.40. The number of likely N-dealkylation sites (tertiary alicyclic amines) is 1. The maximum Gasteiger partial charge on any atom is 0.166 e. The topological polar surface area (TPSA) is 45.5 Å². The largest absolute Gasteiger partial charge is 0.347 e. The molecule has 0 radical (unpaired) electrons. The van der Waals surface area contributed by atoms with E-state index in [9.17, 15) is 0 Å². The molecule has 2 heterocycles. The van der Waals surface area contributed by atoms with Crippen LogP contribution >= 0.6 is 0 Å². The van der Waals surface area contributed by atoms with Crippen molar-refractivity contribution in [1.82, 2.24) is 4.90 Å². The standard InChI is InChI=1S/C13H22N2O2/c1-3-15-7-5-11(9-15)8-13(2)16-10-12(17-13)4-6-14/h11-12H,3-5,7-10H2,1-2H3. The first-order valence-corrected chi connectivity index (χ1v) is 6.56. The lowest BCUT2D eigenvalue weighted by Crippen LogP contribution is -2.31. The zero-order chi connectivity index (χ0) is 12.3. The van der Waals surface area contributed by atoms with Gasteiger partial charge in [-0.1, -0.05) is 6.92 Å². The Labute approximate surface area is 103 Å².